The molecule has 3 aromatic carbocycles. The van der Waals surface area contributed by atoms with Crippen molar-refractivity contribution in [1.29, 1.82) is 0 Å². The van der Waals surface area contributed by atoms with Gasteiger partial charge in [0.1, 0.15) is 5.82 Å². The lowest BCUT2D eigenvalue weighted by Crippen LogP contribution is -2.32. The summed E-state index contributed by atoms with van der Waals surface area (Å²) in [7, 11) is 2.07. The third-order valence-corrected chi connectivity index (χ3v) is 7.15. The average Bonchev–Trinajstić information content (AvgIpc) is 3.20. The van der Waals surface area contributed by atoms with Crippen LogP contribution in [-0.2, 0) is 7.05 Å². The van der Waals surface area contributed by atoms with Gasteiger partial charge in [0.2, 0.25) is 0 Å². The number of hydrogen-bond acceptors (Lipinski definition) is 3. The monoisotopic (exact) mass is 432 g/mol. The van der Waals surface area contributed by atoms with Crippen molar-refractivity contribution < 1.29 is 0 Å². The largest absolute Gasteiger partial charge is 0.383 e. The standard InChI is InChI=1S/C29H28N4/c1-32-19-26(24-9-5-6-10-28(24)32)25-17-22-11-12-23(18-27(22)31-29(25)30)33-15-13-21(14-16-33)20-7-3-2-4-8-20/h2-12,17-19,21H,13-16H2,1H3,(H2,30,31). The number of benzene rings is 3. The molecule has 4 heteroatoms. The molecule has 0 atom stereocenters. The minimum Gasteiger partial charge on any atom is -0.383 e. The van der Waals surface area contributed by atoms with Crippen LogP contribution in [0.1, 0.15) is 24.3 Å². The van der Waals surface area contributed by atoms with Crippen LogP contribution in [0.4, 0.5) is 11.5 Å². The van der Waals surface area contributed by atoms with Crippen molar-refractivity contribution in [2.45, 2.75) is 18.8 Å². The summed E-state index contributed by atoms with van der Waals surface area (Å²) >= 11 is 0. The molecule has 0 spiro atoms. The van der Waals surface area contributed by atoms with Crippen LogP contribution in [0.15, 0.2) is 85.1 Å². The van der Waals surface area contributed by atoms with Gasteiger partial charge >= 0.3 is 0 Å². The number of hydrogen-bond donors (Lipinski definition) is 1. The quantitative estimate of drug-likeness (QED) is 0.361. The maximum Gasteiger partial charge on any atom is 0.132 e. The first-order valence-corrected chi connectivity index (χ1v) is 11.7. The van der Waals surface area contributed by atoms with Crippen LogP contribution in [0.3, 0.4) is 0 Å². The molecular weight excluding hydrogens is 404 g/mol. The molecule has 1 saturated heterocycles. The number of anilines is 2. The van der Waals surface area contributed by atoms with E-state index < -0.39 is 0 Å². The highest BCUT2D eigenvalue weighted by Gasteiger charge is 2.21. The molecule has 0 unspecified atom stereocenters. The molecule has 33 heavy (non-hydrogen) atoms. The molecule has 1 aliphatic rings. The number of para-hydroxylation sites is 1. The lowest BCUT2D eigenvalue weighted by molar-refractivity contribution is 0.505. The van der Waals surface area contributed by atoms with E-state index in [1.165, 1.54) is 35.0 Å². The summed E-state index contributed by atoms with van der Waals surface area (Å²) in [5.74, 6) is 1.23. The van der Waals surface area contributed by atoms with Crippen molar-refractivity contribution in [1.82, 2.24) is 9.55 Å². The minimum absolute atomic E-state index is 0.582. The Bertz CT molecular complexity index is 1440. The van der Waals surface area contributed by atoms with Crippen LogP contribution in [0, 0.1) is 0 Å². The van der Waals surface area contributed by atoms with Crippen LogP contribution in [-0.4, -0.2) is 22.6 Å². The smallest absolute Gasteiger partial charge is 0.132 e. The Labute approximate surface area is 194 Å². The molecule has 3 heterocycles. The number of nitrogen functional groups attached to an aromatic ring is 1. The van der Waals surface area contributed by atoms with E-state index >= 15 is 0 Å². The van der Waals surface area contributed by atoms with E-state index in [0.29, 0.717) is 11.7 Å². The van der Waals surface area contributed by atoms with Crippen molar-refractivity contribution in [3.63, 3.8) is 0 Å². The van der Waals surface area contributed by atoms with Gasteiger partial charge in [-0.1, -0.05) is 54.6 Å². The molecule has 4 nitrogen and oxygen atoms in total. The number of aromatic nitrogens is 2. The van der Waals surface area contributed by atoms with E-state index in [2.05, 4.69) is 102 Å². The van der Waals surface area contributed by atoms with E-state index in [9.17, 15) is 0 Å². The molecule has 0 aliphatic carbocycles. The van der Waals surface area contributed by atoms with Crippen molar-refractivity contribution in [2.75, 3.05) is 23.7 Å². The first-order chi connectivity index (χ1) is 16.2. The van der Waals surface area contributed by atoms with Gasteiger partial charge in [0.15, 0.2) is 0 Å². The minimum atomic E-state index is 0.582. The average molecular weight is 433 g/mol. The fourth-order valence-electron chi connectivity index (χ4n) is 5.34. The summed E-state index contributed by atoms with van der Waals surface area (Å²) in [5, 5.41) is 2.32. The van der Waals surface area contributed by atoms with Crippen molar-refractivity contribution in [3.05, 3.63) is 90.6 Å². The molecule has 0 saturated carbocycles. The second-order valence-electron chi connectivity index (χ2n) is 9.14. The van der Waals surface area contributed by atoms with Crippen molar-refractivity contribution in [3.8, 4) is 11.1 Å². The Hall–Kier alpha value is -3.79. The number of aryl methyl sites for hydroxylation is 1. The molecule has 1 fully saturated rings. The first-order valence-electron chi connectivity index (χ1n) is 11.7. The zero-order valence-corrected chi connectivity index (χ0v) is 18.9. The predicted molar refractivity (Wildman–Crippen MR) is 139 cm³/mol. The fourth-order valence-corrected chi connectivity index (χ4v) is 5.34. The van der Waals surface area contributed by atoms with Gasteiger partial charge in [-0.15, -0.1) is 0 Å². The van der Waals surface area contributed by atoms with Gasteiger partial charge in [0.05, 0.1) is 5.52 Å². The van der Waals surface area contributed by atoms with E-state index in [4.69, 9.17) is 10.7 Å². The Balaban J connectivity index is 1.29. The van der Waals surface area contributed by atoms with Gasteiger partial charge in [0.25, 0.3) is 0 Å². The van der Waals surface area contributed by atoms with Crippen molar-refractivity contribution >= 4 is 33.3 Å². The third-order valence-electron chi connectivity index (χ3n) is 7.15. The highest BCUT2D eigenvalue weighted by atomic mass is 15.1. The highest BCUT2D eigenvalue weighted by molar-refractivity contribution is 6.01. The molecule has 2 N–H and O–H groups in total. The third kappa shape index (κ3) is 3.52. The molecule has 0 radical (unpaired) electrons. The Morgan fingerprint density at radius 3 is 2.42 bits per heavy atom. The van der Waals surface area contributed by atoms with Gasteiger partial charge in [-0.2, -0.15) is 0 Å². The number of pyridine rings is 1. The van der Waals surface area contributed by atoms with E-state index in [0.717, 1.165) is 35.1 Å². The highest BCUT2D eigenvalue weighted by Crippen LogP contribution is 2.36. The summed E-state index contributed by atoms with van der Waals surface area (Å²) in [4.78, 5) is 7.31. The van der Waals surface area contributed by atoms with Gasteiger partial charge in [-0.3, -0.25) is 0 Å². The van der Waals surface area contributed by atoms with Crippen LogP contribution in [0.25, 0.3) is 32.9 Å². The second kappa shape index (κ2) is 7.96. The summed E-state index contributed by atoms with van der Waals surface area (Å²) in [6.45, 7) is 2.13. The van der Waals surface area contributed by atoms with Gasteiger partial charge in [-0.05, 0) is 48.6 Å². The van der Waals surface area contributed by atoms with E-state index in [-0.39, 0.29) is 0 Å². The van der Waals surface area contributed by atoms with Crippen LogP contribution in [0.5, 0.6) is 0 Å². The fraction of sp³-hybridized carbons (Fsp3) is 0.207. The molecule has 5 aromatic rings. The molecule has 6 rings (SSSR count). The summed E-state index contributed by atoms with van der Waals surface area (Å²) in [5.41, 5.74) is 13.5. The van der Waals surface area contributed by atoms with Crippen LogP contribution in [0.2, 0.25) is 0 Å². The molecule has 2 aromatic heterocycles. The molecule has 1 aliphatic heterocycles. The SMILES string of the molecule is Cn1cc(-c2cc3ccc(N4CCC(c5ccccc5)CC4)cc3nc2N)c2ccccc21. The maximum atomic E-state index is 6.50. The van der Waals surface area contributed by atoms with E-state index in [1.807, 2.05) is 0 Å². The lowest BCUT2D eigenvalue weighted by atomic mass is 9.89. The van der Waals surface area contributed by atoms with Crippen molar-refractivity contribution in [2.24, 2.45) is 7.05 Å². The zero-order valence-electron chi connectivity index (χ0n) is 18.9. The number of fused-ring (bicyclic) bond motifs is 2. The second-order valence-corrected chi connectivity index (χ2v) is 9.14. The zero-order chi connectivity index (χ0) is 22.4. The Morgan fingerprint density at radius 2 is 1.61 bits per heavy atom. The molecular formula is C29H28N4. The van der Waals surface area contributed by atoms with Crippen LogP contribution >= 0.6 is 0 Å². The van der Waals surface area contributed by atoms with Gasteiger partial charge < -0.3 is 15.2 Å². The summed E-state index contributed by atoms with van der Waals surface area (Å²) in [6.07, 6.45) is 4.50. The van der Waals surface area contributed by atoms with E-state index in [1.54, 1.807) is 0 Å². The van der Waals surface area contributed by atoms with Gasteiger partial charge in [0, 0.05) is 59.4 Å². The van der Waals surface area contributed by atoms with Gasteiger partial charge in [-0.25, -0.2) is 4.98 Å². The summed E-state index contributed by atoms with van der Waals surface area (Å²) < 4.78 is 2.15. The summed E-state index contributed by atoms with van der Waals surface area (Å²) in [6, 6.07) is 28.1. The lowest BCUT2D eigenvalue weighted by Gasteiger charge is -2.34. The Kier molecular flexibility index (Phi) is 4.79. The number of rotatable bonds is 3. The number of piperidine rings is 1. The number of nitrogens with zero attached hydrogens (tertiary/aromatic N) is 3. The molecule has 0 bridgehead atoms. The topological polar surface area (TPSA) is 47.1 Å². The normalized spacial score (nSPS) is 14.9. The Morgan fingerprint density at radius 1 is 0.848 bits per heavy atom. The number of nitrogens with two attached hydrogens (primary N) is 1. The molecule has 0 amide bonds. The molecule has 164 valence electrons. The van der Waals surface area contributed by atoms with Crippen LogP contribution < -0.4 is 10.6 Å². The first kappa shape index (κ1) is 19.9. The maximum absolute atomic E-state index is 6.50. The predicted octanol–water partition coefficient (Wildman–Crippen LogP) is 6.36.